The summed E-state index contributed by atoms with van der Waals surface area (Å²) in [5.74, 6) is -1.30. The Bertz CT molecular complexity index is 895. The number of aromatic nitrogens is 2. The molecule has 0 saturated heterocycles. The fourth-order valence-electron chi connectivity index (χ4n) is 2.47. The van der Waals surface area contributed by atoms with Crippen LogP contribution in [0.2, 0.25) is 0 Å². The maximum atomic E-state index is 13.0. The first-order valence-corrected chi connectivity index (χ1v) is 7.16. The number of aliphatic carboxylic acids is 1. The molecule has 3 rings (SSSR count). The zero-order valence-electron chi connectivity index (χ0n) is 12.5. The van der Waals surface area contributed by atoms with E-state index < -0.39 is 5.97 Å². The van der Waals surface area contributed by atoms with E-state index in [1.807, 2.05) is 29.7 Å². The van der Waals surface area contributed by atoms with Crippen LogP contribution in [0.25, 0.3) is 11.7 Å². The largest absolute Gasteiger partial charge is 0.478 e. The van der Waals surface area contributed by atoms with Crippen LogP contribution in [0.1, 0.15) is 22.5 Å². The van der Waals surface area contributed by atoms with Gasteiger partial charge in [0, 0.05) is 18.7 Å². The molecule has 1 N–H and O–H groups in total. The number of hydrogen-bond donors (Lipinski definition) is 1. The molecule has 116 valence electrons. The quantitative estimate of drug-likeness (QED) is 0.751. The Morgan fingerprint density at radius 1 is 1.30 bits per heavy atom. The highest BCUT2D eigenvalue weighted by Crippen LogP contribution is 2.19. The number of aryl methyl sites for hydroxylation is 1. The number of nitrogens with zero attached hydrogens (tertiary/aromatic N) is 2. The van der Waals surface area contributed by atoms with E-state index >= 15 is 0 Å². The molecule has 0 unspecified atom stereocenters. The van der Waals surface area contributed by atoms with E-state index in [4.69, 9.17) is 5.11 Å². The van der Waals surface area contributed by atoms with Crippen molar-refractivity contribution in [3.05, 3.63) is 77.0 Å². The summed E-state index contributed by atoms with van der Waals surface area (Å²) in [6.45, 7) is 1.97. The Morgan fingerprint density at radius 3 is 2.74 bits per heavy atom. The van der Waals surface area contributed by atoms with Crippen molar-refractivity contribution in [2.75, 3.05) is 0 Å². The fourth-order valence-corrected chi connectivity index (χ4v) is 2.47. The van der Waals surface area contributed by atoms with E-state index in [1.165, 1.54) is 18.2 Å². The van der Waals surface area contributed by atoms with E-state index in [-0.39, 0.29) is 5.82 Å². The number of carbonyl (C=O) groups is 1. The Morgan fingerprint density at radius 2 is 2.04 bits per heavy atom. The molecule has 0 spiro atoms. The van der Waals surface area contributed by atoms with E-state index in [2.05, 4.69) is 4.98 Å². The zero-order valence-corrected chi connectivity index (χ0v) is 12.5. The molecule has 0 fully saturated rings. The molecule has 1 aromatic carbocycles. The number of benzene rings is 1. The molecule has 0 aliphatic heterocycles. The molecule has 0 saturated carbocycles. The van der Waals surface area contributed by atoms with Crippen LogP contribution in [0.4, 0.5) is 4.39 Å². The highest BCUT2D eigenvalue weighted by atomic mass is 19.1. The molecular formula is C18H15FN2O2. The van der Waals surface area contributed by atoms with E-state index in [1.54, 1.807) is 12.1 Å². The second-order valence-electron chi connectivity index (χ2n) is 5.35. The first-order valence-electron chi connectivity index (χ1n) is 7.16. The van der Waals surface area contributed by atoms with Gasteiger partial charge in [-0.05, 0) is 48.4 Å². The Labute approximate surface area is 132 Å². The van der Waals surface area contributed by atoms with Crippen molar-refractivity contribution >= 4 is 17.7 Å². The molecule has 0 aliphatic rings. The van der Waals surface area contributed by atoms with Crippen molar-refractivity contribution in [2.45, 2.75) is 13.3 Å². The highest BCUT2D eigenvalue weighted by molar-refractivity contribution is 5.85. The molecule has 23 heavy (non-hydrogen) atoms. The summed E-state index contributed by atoms with van der Waals surface area (Å²) >= 11 is 0. The van der Waals surface area contributed by atoms with E-state index in [9.17, 15) is 9.18 Å². The number of halogens is 1. The number of carboxylic acid groups (broad SMARTS) is 1. The maximum Gasteiger partial charge on any atom is 0.328 e. The number of hydrogen-bond acceptors (Lipinski definition) is 2. The van der Waals surface area contributed by atoms with Gasteiger partial charge in [0.05, 0.1) is 11.4 Å². The minimum absolute atomic E-state index is 0.287. The average molecular weight is 310 g/mol. The molecule has 0 atom stereocenters. The summed E-state index contributed by atoms with van der Waals surface area (Å²) in [6.07, 6.45) is 5.00. The Hall–Kier alpha value is -2.95. The summed E-state index contributed by atoms with van der Waals surface area (Å²) in [5, 5.41) is 8.88. The monoisotopic (exact) mass is 310 g/mol. The van der Waals surface area contributed by atoms with Crippen LogP contribution in [0.3, 0.4) is 0 Å². The number of fused-ring (bicyclic) bond motifs is 1. The van der Waals surface area contributed by atoms with Crippen LogP contribution in [-0.4, -0.2) is 20.5 Å². The third-order valence-corrected chi connectivity index (χ3v) is 3.56. The molecule has 0 bridgehead atoms. The second-order valence-corrected chi connectivity index (χ2v) is 5.35. The van der Waals surface area contributed by atoms with Gasteiger partial charge in [0.25, 0.3) is 0 Å². The third kappa shape index (κ3) is 3.29. The Balaban J connectivity index is 2.08. The summed E-state index contributed by atoms with van der Waals surface area (Å²) in [5.41, 5.74) is 4.21. The van der Waals surface area contributed by atoms with Gasteiger partial charge in [-0.25, -0.2) is 14.2 Å². The van der Waals surface area contributed by atoms with Crippen molar-refractivity contribution in [1.82, 2.24) is 9.38 Å². The first-order chi connectivity index (χ1) is 11.0. The third-order valence-electron chi connectivity index (χ3n) is 3.56. The number of carboxylic acids is 1. The van der Waals surface area contributed by atoms with Crippen LogP contribution in [0.15, 0.2) is 48.7 Å². The molecule has 0 amide bonds. The van der Waals surface area contributed by atoms with Gasteiger partial charge in [-0.2, -0.15) is 0 Å². The van der Waals surface area contributed by atoms with Crippen molar-refractivity contribution in [1.29, 1.82) is 0 Å². The number of pyridine rings is 1. The van der Waals surface area contributed by atoms with Gasteiger partial charge < -0.3 is 5.11 Å². The van der Waals surface area contributed by atoms with Gasteiger partial charge in [-0.1, -0.05) is 12.1 Å². The number of rotatable bonds is 4. The van der Waals surface area contributed by atoms with E-state index in [0.717, 1.165) is 28.5 Å². The minimum Gasteiger partial charge on any atom is -0.478 e. The van der Waals surface area contributed by atoms with Gasteiger partial charge in [-0.15, -0.1) is 0 Å². The smallest absolute Gasteiger partial charge is 0.328 e. The maximum absolute atomic E-state index is 13.0. The van der Waals surface area contributed by atoms with Gasteiger partial charge in [0.15, 0.2) is 0 Å². The zero-order chi connectivity index (χ0) is 16.4. The molecule has 3 aromatic rings. The lowest BCUT2D eigenvalue weighted by Gasteiger charge is -2.01. The van der Waals surface area contributed by atoms with Crippen molar-refractivity contribution < 1.29 is 14.3 Å². The highest BCUT2D eigenvalue weighted by Gasteiger charge is 2.11. The first kappa shape index (κ1) is 15.0. The minimum atomic E-state index is -1.01. The second kappa shape index (κ2) is 6.04. The molecule has 0 radical (unpaired) electrons. The fraction of sp³-hybridized carbons (Fsp3) is 0.111. The summed E-state index contributed by atoms with van der Waals surface area (Å²) in [4.78, 5) is 15.4. The molecule has 5 heteroatoms. The van der Waals surface area contributed by atoms with Gasteiger partial charge in [-0.3, -0.25) is 4.40 Å². The summed E-state index contributed by atoms with van der Waals surface area (Å²) in [7, 11) is 0. The van der Waals surface area contributed by atoms with Gasteiger partial charge >= 0.3 is 5.97 Å². The summed E-state index contributed by atoms with van der Waals surface area (Å²) < 4.78 is 14.9. The molecule has 4 nitrogen and oxygen atoms in total. The van der Waals surface area contributed by atoms with Crippen LogP contribution < -0.4 is 0 Å². The van der Waals surface area contributed by atoms with Crippen LogP contribution in [-0.2, 0) is 11.2 Å². The van der Waals surface area contributed by atoms with Crippen LogP contribution in [0, 0.1) is 12.7 Å². The summed E-state index contributed by atoms with van der Waals surface area (Å²) in [6, 6.07) is 10.1. The number of imidazole rings is 1. The predicted octanol–water partition coefficient (Wildman–Crippen LogP) is 3.47. The van der Waals surface area contributed by atoms with E-state index in [0.29, 0.717) is 12.1 Å². The predicted molar refractivity (Wildman–Crippen MR) is 85.8 cm³/mol. The lowest BCUT2D eigenvalue weighted by Crippen LogP contribution is -1.95. The lowest BCUT2D eigenvalue weighted by atomic mass is 10.1. The van der Waals surface area contributed by atoms with Crippen molar-refractivity contribution in [3.63, 3.8) is 0 Å². The van der Waals surface area contributed by atoms with Gasteiger partial charge in [0.1, 0.15) is 11.5 Å². The van der Waals surface area contributed by atoms with Crippen LogP contribution in [0.5, 0.6) is 0 Å². The van der Waals surface area contributed by atoms with Crippen LogP contribution >= 0.6 is 0 Å². The topological polar surface area (TPSA) is 54.6 Å². The molecule has 2 aromatic heterocycles. The van der Waals surface area contributed by atoms with Crippen molar-refractivity contribution in [2.24, 2.45) is 0 Å². The normalized spacial score (nSPS) is 11.4. The Kier molecular flexibility index (Phi) is 3.93. The molecule has 0 aliphatic carbocycles. The molecule has 2 heterocycles. The molecular weight excluding hydrogens is 295 g/mol. The van der Waals surface area contributed by atoms with Crippen molar-refractivity contribution in [3.8, 4) is 0 Å². The van der Waals surface area contributed by atoms with Gasteiger partial charge in [0.2, 0.25) is 0 Å². The SMILES string of the molecule is Cc1ccn2c(/C=C/C(=O)O)c(Cc3ccc(F)cc3)nc2c1. The average Bonchev–Trinajstić information content (AvgIpc) is 2.83. The standard InChI is InChI=1S/C18H15FN2O2/c1-12-8-9-21-16(6-7-18(22)23)15(20-17(21)10-12)11-13-2-4-14(19)5-3-13/h2-10H,11H2,1H3,(H,22,23)/b7-6+. The lowest BCUT2D eigenvalue weighted by molar-refractivity contribution is -0.131.